The number of rotatable bonds is 4. The molecule has 2 aromatic carbocycles. The molecule has 1 atom stereocenters. The van der Waals surface area contributed by atoms with E-state index in [0.717, 1.165) is 29.2 Å². The van der Waals surface area contributed by atoms with Crippen LogP contribution in [0.3, 0.4) is 0 Å². The fraction of sp³-hybridized carbons (Fsp3) is 0.348. The molecule has 0 unspecified atom stereocenters. The highest BCUT2D eigenvalue weighted by Crippen LogP contribution is 2.39. The lowest BCUT2D eigenvalue weighted by molar-refractivity contribution is -0.383. The summed E-state index contributed by atoms with van der Waals surface area (Å²) in [4.78, 5) is 41.1. The maximum atomic E-state index is 15.7. The lowest BCUT2D eigenvalue weighted by atomic mass is 9.86. The molecule has 2 aromatic rings. The Kier molecular flexibility index (Phi) is 7.21. The first-order valence-electron chi connectivity index (χ1n) is 10.7. The van der Waals surface area contributed by atoms with Crippen LogP contribution < -0.4 is 10.6 Å². The van der Waals surface area contributed by atoms with Gasteiger partial charge in [-0.3, -0.25) is 25.1 Å². The van der Waals surface area contributed by atoms with Crippen molar-refractivity contribution in [2.45, 2.75) is 45.3 Å². The van der Waals surface area contributed by atoms with Crippen LogP contribution in [0.25, 0.3) is 0 Å². The average molecular weight is 524 g/mol. The fourth-order valence-electron chi connectivity index (χ4n) is 3.53. The zero-order valence-electron chi connectivity index (χ0n) is 20.1. The topological polar surface area (TPSA) is 126 Å². The van der Waals surface area contributed by atoms with Gasteiger partial charge in [-0.1, -0.05) is 17.7 Å². The average Bonchev–Trinajstić information content (AvgIpc) is 2.73. The number of alkyl carbamates (subject to hydrolysis) is 1. The maximum absolute atomic E-state index is 15.7. The lowest BCUT2D eigenvalue weighted by Gasteiger charge is -2.35. The minimum absolute atomic E-state index is 0.107. The predicted octanol–water partition coefficient (Wildman–Crippen LogP) is 5.23. The number of halogens is 3. The zero-order valence-corrected chi connectivity index (χ0v) is 20.9. The number of carbonyl (C=O) groups excluding carboxylic acids is 2. The molecule has 0 saturated heterocycles. The number of nitro groups is 1. The molecule has 0 saturated carbocycles. The summed E-state index contributed by atoms with van der Waals surface area (Å²) in [6.07, 6.45) is -1.18. The van der Waals surface area contributed by atoms with Crippen LogP contribution in [0.2, 0.25) is 5.02 Å². The van der Waals surface area contributed by atoms with Crippen molar-refractivity contribution in [2.24, 2.45) is 4.99 Å². The van der Waals surface area contributed by atoms with E-state index in [9.17, 15) is 24.1 Å². The van der Waals surface area contributed by atoms with Crippen LogP contribution in [0.1, 0.15) is 39.7 Å². The summed E-state index contributed by atoms with van der Waals surface area (Å²) in [6.45, 7) is 6.40. The first-order chi connectivity index (χ1) is 16.6. The van der Waals surface area contributed by atoms with Gasteiger partial charge in [0, 0.05) is 23.7 Å². The van der Waals surface area contributed by atoms with Crippen LogP contribution >= 0.6 is 11.6 Å². The van der Waals surface area contributed by atoms with Crippen LogP contribution in [0, 0.1) is 21.7 Å². The Labute approximate surface area is 210 Å². The number of nitrogens with one attached hydrogen (secondary N) is 2. The van der Waals surface area contributed by atoms with Crippen LogP contribution in [0.15, 0.2) is 35.3 Å². The summed E-state index contributed by atoms with van der Waals surface area (Å²) in [5, 5.41) is 16.3. The van der Waals surface area contributed by atoms with Gasteiger partial charge in [0.1, 0.15) is 22.8 Å². The number of anilines is 2. The summed E-state index contributed by atoms with van der Waals surface area (Å²) in [5.74, 6) is -2.84. The van der Waals surface area contributed by atoms with E-state index in [1.807, 2.05) is 0 Å². The van der Waals surface area contributed by atoms with Gasteiger partial charge in [0.2, 0.25) is 11.9 Å². The molecule has 3 rings (SSSR count). The van der Waals surface area contributed by atoms with Gasteiger partial charge in [-0.25, -0.2) is 18.6 Å². The molecule has 2 amide bonds. The molecule has 192 valence electrons. The van der Waals surface area contributed by atoms with E-state index in [0.29, 0.717) is 0 Å². The second kappa shape index (κ2) is 9.69. The van der Waals surface area contributed by atoms with Crippen LogP contribution in [-0.2, 0) is 15.1 Å². The van der Waals surface area contributed by atoms with Crippen LogP contribution in [0.5, 0.6) is 0 Å². The minimum atomic E-state index is -1.55. The van der Waals surface area contributed by atoms with Gasteiger partial charge in [-0.05, 0) is 45.9 Å². The molecule has 1 heterocycles. The highest BCUT2D eigenvalue weighted by atomic mass is 35.5. The third-order valence-electron chi connectivity index (χ3n) is 5.24. The fourth-order valence-corrected chi connectivity index (χ4v) is 3.70. The standard InChI is InChI=1S/C23H24ClF2N5O5/c1-22(2,3)36-21(33)28-20-29-23(4,11-17(32)30(20)5)13-7-8-14(25)19(18(13)26)27-15-10-12(24)6-9-16(15)31(34)35/h6-10,27H,11H2,1-5H3,(H,28,29,33)/t23-/m0/s1. The van der Waals surface area contributed by atoms with Gasteiger partial charge in [0.25, 0.3) is 5.69 Å². The van der Waals surface area contributed by atoms with E-state index >= 15 is 4.39 Å². The van der Waals surface area contributed by atoms with Crippen molar-refractivity contribution in [3.8, 4) is 0 Å². The first kappa shape index (κ1) is 26.8. The van der Waals surface area contributed by atoms with Gasteiger partial charge in [0.05, 0.1) is 16.9 Å². The predicted molar refractivity (Wildman–Crippen MR) is 129 cm³/mol. The molecular weight excluding hydrogens is 500 g/mol. The van der Waals surface area contributed by atoms with Gasteiger partial charge >= 0.3 is 6.09 Å². The number of nitro benzene ring substituents is 1. The molecule has 36 heavy (non-hydrogen) atoms. The summed E-state index contributed by atoms with van der Waals surface area (Å²) < 4.78 is 35.6. The number of aliphatic imine (C=N–C) groups is 1. The van der Waals surface area contributed by atoms with E-state index < -0.39 is 51.1 Å². The molecule has 0 aliphatic carbocycles. The normalized spacial score (nSPS) is 17.9. The van der Waals surface area contributed by atoms with E-state index in [-0.39, 0.29) is 28.7 Å². The van der Waals surface area contributed by atoms with Gasteiger partial charge < -0.3 is 10.1 Å². The van der Waals surface area contributed by atoms with Gasteiger partial charge in [-0.15, -0.1) is 0 Å². The quantitative estimate of drug-likeness (QED) is 0.417. The number of benzene rings is 2. The number of ether oxygens (including phenoxy) is 1. The number of hydrogen-bond donors (Lipinski definition) is 2. The van der Waals surface area contributed by atoms with Crippen molar-refractivity contribution in [3.05, 3.63) is 62.7 Å². The highest BCUT2D eigenvalue weighted by Gasteiger charge is 2.40. The summed E-state index contributed by atoms with van der Waals surface area (Å²) in [6, 6.07) is 5.59. The largest absolute Gasteiger partial charge is 0.444 e. The molecular formula is C23H24ClF2N5O5. The van der Waals surface area contributed by atoms with E-state index in [1.165, 1.54) is 20.0 Å². The summed E-state index contributed by atoms with van der Waals surface area (Å²) in [7, 11) is 1.38. The molecule has 0 radical (unpaired) electrons. The lowest BCUT2D eigenvalue weighted by Crippen LogP contribution is -2.52. The summed E-state index contributed by atoms with van der Waals surface area (Å²) in [5.41, 5.74) is -3.93. The Morgan fingerprint density at radius 3 is 2.56 bits per heavy atom. The third-order valence-corrected chi connectivity index (χ3v) is 5.47. The van der Waals surface area contributed by atoms with Crippen molar-refractivity contribution >= 4 is 46.6 Å². The van der Waals surface area contributed by atoms with Crippen molar-refractivity contribution in [3.63, 3.8) is 0 Å². The van der Waals surface area contributed by atoms with Gasteiger partial charge in [0.15, 0.2) is 5.82 Å². The van der Waals surface area contributed by atoms with Crippen molar-refractivity contribution in [1.82, 2.24) is 10.2 Å². The molecule has 0 spiro atoms. The molecule has 10 nitrogen and oxygen atoms in total. The monoisotopic (exact) mass is 523 g/mol. The molecule has 0 bridgehead atoms. The molecule has 13 heteroatoms. The number of carbonyl (C=O) groups is 2. The Morgan fingerprint density at radius 1 is 1.28 bits per heavy atom. The van der Waals surface area contributed by atoms with Crippen molar-refractivity contribution < 1.29 is 28.0 Å². The Hall–Kier alpha value is -3.80. The first-order valence-corrected chi connectivity index (χ1v) is 11.0. The number of amides is 2. The smallest absolute Gasteiger partial charge is 0.414 e. The second-order valence-electron chi connectivity index (χ2n) is 9.29. The second-order valence-corrected chi connectivity index (χ2v) is 9.73. The van der Waals surface area contributed by atoms with E-state index in [1.54, 1.807) is 20.8 Å². The van der Waals surface area contributed by atoms with Crippen molar-refractivity contribution in [1.29, 1.82) is 0 Å². The van der Waals surface area contributed by atoms with Crippen LogP contribution in [0.4, 0.5) is 30.6 Å². The molecule has 0 fully saturated rings. The third kappa shape index (κ3) is 5.70. The maximum Gasteiger partial charge on any atom is 0.414 e. The number of hydrogen-bond acceptors (Lipinski definition) is 7. The van der Waals surface area contributed by atoms with E-state index in [4.69, 9.17) is 16.3 Å². The molecule has 0 aromatic heterocycles. The molecule has 1 aliphatic rings. The van der Waals surface area contributed by atoms with E-state index in [2.05, 4.69) is 15.6 Å². The Morgan fingerprint density at radius 2 is 1.94 bits per heavy atom. The Balaban J connectivity index is 2.06. The van der Waals surface area contributed by atoms with Gasteiger partial charge in [-0.2, -0.15) is 0 Å². The van der Waals surface area contributed by atoms with Crippen molar-refractivity contribution in [2.75, 3.05) is 12.4 Å². The minimum Gasteiger partial charge on any atom is -0.444 e. The number of guanidine groups is 1. The SMILES string of the molecule is CN1C(=O)C[C@@](C)(c2ccc(F)c(Nc3cc(Cl)ccc3[N+](=O)[O-])c2F)N=C1NC(=O)OC(C)(C)C. The Bertz CT molecular complexity index is 1280. The molecule has 1 aliphatic heterocycles. The zero-order chi connectivity index (χ0) is 27.0. The number of nitrogens with zero attached hydrogens (tertiary/aromatic N) is 3. The summed E-state index contributed by atoms with van der Waals surface area (Å²) >= 11 is 5.92. The molecule has 2 N–H and O–H groups in total. The highest BCUT2D eigenvalue weighted by molar-refractivity contribution is 6.31. The van der Waals surface area contributed by atoms with Crippen LogP contribution in [-0.4, -0.2) is 40.4 Å².